The van der Waals surface area contributed by atoms with E-state index in [0.29, 0.717) is 17.5 Å². The molecule has 0 fully saturated rings. The number of rotatable bonds is 4. The van der Waals surface area contributed by atoms with Crippen LogP contribution >= 0.6 is 11.3 Å². The van der Waals surface area contributed by atoms with Gasteiger partial charge < -0.3 is 0 Å². The van der Waals surface area contributed by atoms with E-state index < -0.39 is 0 Å². The predicted molar refractivity (Wildman–Crippen MR) is 165 cm³/mol. The highest BCUT2D eigenvalue weighted by molar-refractivity contribution is 7.25. The van der Waals surface area contributed by atoms with Gasteiger partial charge in [-0.3, -0.25) is 4.98 Å². The predicted octanol–water partition coefficient (Wildman–Crippen LogP) is 8.25. The molecule has 0 aliphatic carbocycles. The number of thiophene rings is 1. The Hall–Kier alpha value is -5.40. The Kier molecular flexibility index (Phi) is 5.53. The standard InChI is InChI=1S/C34H20N6S/c1-3-9-21(10-4-1)22-15-17-24(18-16-22)32-38-31(23-11-5-2-6-12-23)39-33(40-32)25-19-20-35-28-29-34(41-30(25)28)37-27-14-8-7-13-26(27)36-29/h1-20H. The van der Waals surface area contributed by atoms with E-state index in [0.717, 1.165) is 53.9 Å². The van der Waals surface area contributed by atoms with E-state index >= 15 is 0 Å². The summed E-state index contributed by atoms with van der Waals surface area (Å²) in [6.45, 7) is 0. The van der Waals surface area contributed by atoms with Crippen LogP contribution < -0.4 is 0 Å². The van der Waals surface area contributed by atoms with Crippen LogP contribution in [0.5, 0.6) is 0 Å². The van der Waals surface area contributed by atoms with Crippen molar-refractivity contribution in [3.63, 3.8) is 0 Å². The van der Waals surface area contributed by atoms with Crippen LogP contribution in [0.3, 0.4) is 0 Å². The Morgan fingerprint density at radius 1 is 0.415 bits per heavy atom. The quantitative estimate of drug-likeness (QED) is 0.222. The molecule has 0 aliphatic heterocycles. The fourth-order valence-corrected chi connectivity index (χ4v) is 6.08. The number of hydrogen-bond donors (Lipinski definition) is 0. The van der Waals surface area contributed by atoms with Gasteiger partial charge in [-0.15, -0.1) is 11.3 Å². The molecular weight excluding hydrogens is 524 g/mol. The number of para-hydroxylation sites is 2. The number of hydrogen-bond acceptors (Lipinski definition) is 7. The molecule has 8 aromatic rings. The lowest BCUT2D eigenvalue weighted by molar-refractivity contribution is 1.08. The average Bonchev–Trinajstić information content (AvgIpc) is 3.42. The Labute approximate surface area is 239 Å². The zero-order chi connectivity index (χ0) is 27.2. The second kappa shape index (κ2) is 9.66. The molecule has 8 rings (SSSR count). The van der Waals surface area contributed by atoms with Crippen LogP contribution in [-0.2, 0) is 0 Å². The molecule has 0 atom stereocenters. The van der Waals surface area contributed by atoms with Gasteiger partial charge in [-0.25, -0.2) is 24.9 Å². The highest BCUT2D eigenvalue weighted by atomic mass is 32.1. The largest absolute Gasteiger partial charge is 0.253 e. The number of pyridine rings is 1. The monoisotopic (exact) mass is 544 g/mol. The molecule has 0 saturated carbocycles. The lowest BCUT2D eigenvalue weighted by atomic mass is 10.0. The van der Waals surface area contributed by atoms with Crippen molar-refractivity contribution in [3.8, 4) is 45.3 Å². The first-order chi connectivity index (χ1) is 20.3. The second-order valence-electron chi connectivity index (χ2n) is 9.62. The van der Waals surface area contributed by atoms with Crippen LogP contribution in [0.25, 0.3) is 76.9 Å². The van der Waals surface area contributed by atoms with Gasteiger partial charge in [0.2, 0.25) is 0 Å². The summed E-state index contributed by atoms with van der Waals surface area (Å²) in [4.78, 5) is 30.2. The molecule has 0 saturated heterocycles. The molecule has 4 aromatic carbocycles. The van der Waals surface area contributed by atoms with Crippen molar-refractivity contribution >= 4 is 42.9 Å². The molecule has 0 spiro atoms. The molecule has 4 aromatic heterocycles. The summed E-state index contributed by atoms with van der Waals surface area (Å²) in [6.07, 6.45) is 1.79. The molecule has 192 valence electrons. The Balaban J connectivity index is 1.32. The van der Waals surface area contributed by atoms with Gasteiger partial charge in [-0.05, 0) is 29.3 Å². The Morgan fingerprint density at radius 2 is 0.951 bits per heavy atom. The van der Waals surface area contributed by atoms with Gasteiger partial charge in [0, 0.05) is 22.9 Å². The smallest absolute Gasteiger partial charge is 0.165 e. The molecule has 4 heterocycles. The SMILES string of the molecule is c1ccc(-c2ccc(-c3nc(-c4ccccc4)nc(-c4ccnc5c4sc4nc6ccccc6nc45)n3)cc2)cc1. The first-order valence-electron chi connectivity index (χ1n) is 13.2. The zero-order valence-electron chi connectivity index (χ0n) is 21.6. The van der Waals surface area contributed by atoms with Crippen molar-refractivity contribution in [1.29, 1.82) is 0 Å². The highest BCUT2D eigenvalue weighted by Crippen LogP contribution is 2.37. The van der Waals surface area contributed by atoms with Crippen LogP contribution in [0, 0.1) is 0 Å². The van der Waals surface area contributed by atoms with Crippen LogP contribution in [0.2, 0.25) is 0 Å². The van der Waals surface area contributed by atoms with E-state index in [9.17, 15) is 0 Å². The average molecular weight is 545 g/mol. The van der Waals surface area contributed by atoms with Gasteiger partial charge in [0.15, 0.2) is 17.5 Å². The maximum Gasteiger partial charge on any atom is 0.165 e. The first kappa shape index (κ1) is 23.5. The summed E-state index contributed by atoms with van der Waals surface area (Å²) in [7, 11) is 0. The lowest BCUT2D eigenvalue weighted by Gasteiger charge is -2.09. The van der Waals surface area contributed by atoms with Crippen LogP contribution in [-0.4, -0.2) is 29.9 Å². The zero-order valence-corrected chi connectivity index (χ0v) is 22.5. The fraction of sp³-hybridized carbons (Fsp3) is 0. The molecule has 0 amide bonds. The molecule has 0 unspecified atom stereocenters. The summed E-state index contributed by atoms with van der Waals surface area (Å²) in [5.74, 6) is 1.82. The van der Waals surface area contributed by atoms with E-state index in [1.54, 1.807) is 17.5 Å². The van der Waals surface area contributed by atoms with E-state index in [4.69, 9.17) is 29.9 Å². The molecule has 6 nitrogen and oxygen atoms in total. The third-order valence-corrected chi connectivity index (χ3v) is 8.12. The molecule has 7 heteroatoms. The molecular formula is C34H20N6S. The van der Waals surface area contributed by atoms with Crippen molar-refractivity contribution in [2.45, 2.75) is 0 Å². The topological polar surface area (TPSA) is 77.3 Å². The Morgan fingerprint density at radius 3 is 1.66 bits per heavy atom. The molecule has 0 N–H and O–H groups in total. The van der Waals surface area contributed by atoms with Crippen molar-refractivity contribution in [2.24, 2.45) is 0 Å². The molecule has 0 bridgehead atoms. The van der Waals surface area contributed by atoms with E-state index in [-0.39, 0.29) is 0 Å². The van der Waals surface area contributed by atoms with Gasteiger partial charge in [0.25, 0.3) is 0 Å². The van der Waals surface area contributed by atoms with Gasteiger partial charge >= 0.3 is 0 Å². The van der Waals surface area contributed by atoms with Gasteiger partial charge in [-0.2, -0.15) is 0 Å². The minimum absolute atomic E-state index is 0.588. The summed E-state index contributed by atoms with van der Waals surface area (Å²) >= 11 is 1.56. The van der Waals surface area contributed by atoms with Crippen LogP contribution in [0.15, 0.2) is 121 Å². The molecule has 0 aliphatic rings. The van der Waals surface area contributed by atoms with E-state index in [2.05, 4.69) is 36.4 Å². The summed E-state index contributed by atoms with van der Waals surface area (Å²) in [5.41, 5.74) is 8.33. The summed E-state index contributed by atoms with van der Waals surface area (Å²) < 4.78 is 0.952. The molecule has 41 heavy (non-hydrogen) atoms. The van der Waals surface area contributed by atoms with Crippen LogP contribution in [0.4, 0.5) is 0 Å². The van der Waals surface area contributed by atoms with Gasteiger partial charge in [0.05, 0.1) is 15.7 Å². The van der Waals surface area contributed by atoms with Gasteiger partial charge in [-0.1, -0.05) is 97.1 Å². The van der Waals surface area contributed by atoms with Gasteiger partial charge in [0.1, 0.15) is 15.9 Å². The van der Waals surface area contributed by atoms with Crippen molar-refractivity contribution < 1.29 is 0 Å². The van der Waals surface area contributed by atoms with Crippen molar-refractivity contribution in [3.05, 3.63) is 121 Å². The number of aromatic nitrogens is 6. The summed E-state index contributed by atoms with van der Waals surface area (Å²) in [5, 5.41) is 0. The maximum atomic E-state index is 4.99. The normalized spacial score (nSPS) is 11.4. The number of fused-ring (bicyclic) bond motifs is 4. The lowest BCUT2D eigenvalue weighted by Crippen LogP contribution is -2.00. The van der Waals surface area contributed by atoms with Crippen molar-refractivity contribution in [2.75, 3.05) is 0 Å². The van der Waals surface area contributed by atoms with E-state index in [1.807, 2.05) is 78.9 Å². The van der Waals surface area contributed by atoms with E-state index in [1.165, 1.54) is 5.56 Å². The number of nitrogens with zero attached hydrogens (tertiary/aromatic N) is 6. The minimum Gasteiger partial charge on any atom is -0.253 e. The summed E-state index contributed by atoms with van der Waals surface area (Å²) in [6, 6.07) is 38.5. The van der Waals surface area contributed by atoms with Crippen molar-refractivity contribution in [1.82, 2.24) is 29.9 Å². The molecule has 0 radical (unpaired) electrons. The maximum absolute atomic E-state index is 4.99. The third kappa shape index (κ3) is 4.20. The number of benzene rings is 4. The van der Waals surface area contributed by atoms with Crippen LogP contribution in [0.1, 0.15) is 0 Å². The second-order valence-corrected chi connectivity index (χ2v) is 10.6. The Bertz CT molecular complexity index is 2190. The minimum atomic E-state index is 0.588. The highest BCUT2D eigenvalue weighted by Gasteiger charge is 2.18. The fourth-order valence-electron chi connectivity index (χ4n) is 4.99. The third-order valence-electron chi connectivity index (χ3n) is 7.02. The first-order valence-corrected chi connectivity index (χ1v) is 14.0.